The maximum absolute atomic E-state index is 12.4. The fourth-order valence-electron chi connectivity index (χ4n) is 1.98. The zero-order valence-corrected chi connectivity index (χ0v) is 12.3. The summed E-state index contributed by atoms with van der Waals surface area (Å²) in [6.45, 7) is 3.87. The summed E-state index contributed by atoms with van der Waals surface area (Å²) >= 11 is 4.99. The molecule has 4 heteroatoms. The Hall–Kier alpha value is -2.20. The number of carbonyl (C=O) groups excluding carboxylic acids is 1. The zero-order valence-electron chi connectivity index (χ0n) is 11.4. The molecule has 2 rings (SSSR count). The van der Waals surface area contributed by atoms with E-state index in [9.17, 15) is 4.79 Å². The summed E-state index contributed by atoms with van der Waals surface area (Å²) in [7, 11) is 0. The van der Waals surface area contributed by atoms with E-state index in [0.29, 0.717) is 16.8 Å². The third kappa shape index (κ3) is 3.03. The average Bonchev–Trinajstić information content (AvgIpc) is 2.41. The van der Waals surface area contributed by atoms with Gasteiger partial charge in [0.2, 0.25) is 0 Å². The highest BCUT2D eigenvalue weighted by molar-refractivity contribution is 7.80. The number of amides is 1. The molecular formula is C16H16N2OS. The number of anilines is 1. The van der Waals surface area contributed by atoms with Gasteiger partial charge in [0, 0.05) is 11.1 Å². The summed E-state index contributed by atoms with van der Waals surface area (Å²) < 4.78 is 0. The minimum Gasteiger partial charge on any atom is -0.389 e. The number of rotatable bonds is 3. The van der Waals surface area contributed by atoms with Crippen LogP contribution in [-0.4, -0.2) is 10.9 Å². The molecule has 0 aliphatic rings. The van der Waals surface area contributed by atoms with Crippen molar-refractivity contribution in [2.24, 2.45) is 5.73 Å². The van der Waals surface area contributed by atoms with Gasteiger partial charge in [-0.2, -0.15) is 0 Å². The summed E-state index contributed by atoms with van der Waals surface area (Å²) in [5, 5.41) is 2.87. The summed E-state index contributed by atoms with van der Waals surface area (Å²) in [6.07, 6.45) is 0. The van der Waals surface area contributed by atoms with Gasteiger partial charge < -0.3 is 11.1 Å². The van der Waals surface area contributed by atoms with Crippen molar-refractivity contribution in [3.05, 3.63) is 64.7 Å². The van der Waals surface area contributed by atoms with E-state index in [1.54, 1.807) is 12.1 Å². The molecular weight excluding hydrogens is 268 g/mol. The first-order valence-electron chi connectivity index (χ1n) is 6.26. The summed E-state index contributed by atoms with van der Waals surface area (Å²) in [5.74, 6) is -0.157. The van der Waals surface area contributed by atoms with Gasteiger partial charge in [0.25, 0.3) is 5.91 Å². The highest BCUT2D eigenvalue weighted by atomic mass is 32.1. The Labute approximate surface area is 123 Å². The summed E-state index contributed by atoms with van der Waals surface area (Å²) in [6, 6.07) is 13.0. The normalized spacial score (nSPS) is 10.1. The maximum Gasteiger partial charge on any atom is 0.255 e. The third-order valence-corrected chi connectivity index (χ3v) is 3.30. The van der Waals surface area contributed by atoms with Crippen molar-refractivity contribution in [1.82, 2.24) is 0 Å². The molecule has 0 bridgehead atoms. The second-order valence-electron chi connectivity index (χ2n) is 4.68. The van der Waals surface area contributed by atoms with E-state index >= 15 is 0 Å². The van der Waals surface area contributed by atoms with Crippen molar-refractivity contribution < 1.29 is 4.79 Å². The van der Waals surface area contributed by atoms with Crippen LogP contribution < -0.4 is 11.1 Å². The molecule has 2 aromatic rings. The molecule has 0 unspecified atom stereocenters. The van der Waals surface area contributed by atoms with E-state index in [1.807, 2.05) is 44.2 Å². The summed E-state index contributed by atoms with van der Waals surface area (Å²) in [4.78, 5) is 12.6. The van der Waals surface area contributed by atoms with E-state index in [4.69, 9.17) is 18.0 Å². The quantitative estimate of drug-likeness (QED) is 0.851. The molecule has 0 aromatic heterocycles. The van der Waals surface area contributed by atoms with Crippen LogP contribution in [0, 0.1) is 13.8 Å². The Morgan fingerprint density at radius 2 is 1.80 bits per heavy atom. The van der Waals surface area contributed by atoms with E-state index in [1.165, 1.54) is 0 Å². The predicted molar refractivity (Wildman–Crippen MR) is 86.2 cm³/mol. The highest BCUT2D eigenvalue weighted by Gasteiger charge is 2.12. The van der Waals surface area contributed by atoms with Crippen LogP contribution in [0.2, 0.25) is 0 Å². The molecule has 0 radical (unpaired) electrons. The molecule has 3 N–H and O–H groups in total. The fraction of sp³-hybridized carbons (Fsp3) is 0.125. The molecule has 0 saturated heterocycles. The zero-order chi connectivity index (χ0) is 14.7. The first kappa shape index (κ1) is 14.2. The highest BCUT2D eigenvalue weighted by Crippen LogP contribution is 2.18. The molecule has 0 aliphatic carbocycles. The van der Waals surface area contributed by atoms with Crippen molar-refractivity contribution in [2.45, 2.75) is 13.8 Å². The Morgan fingerprint density at radius 1 is 1.10 bits per heavy atom. The number of nitrogens with one attached hydrogen (secondary N) is 1. The van der Waals surface area contributed by atoms with Crippen molar-refractivity contribution in [3.63, 3.8) is 0 Å². The van der Waals surface area contributed by atoms with Gasteiger partial charge in [-0.15, -0.1) is 0 Å². The number of aryl methyl sites for hydroxylation is 2. The van der Waals surface area contributed by atoms with E-state index in [0.717, 1.165) is 11.1 Å². The van der Waals surface area contributed by atoms with Crippen molar-refractivity contribution >= 4 is 28.8 Å². The lowest BCUT2D eigenvalue weighted by atomic mass is 10.0. The standard InChI is InChI=1S/C16H16N2OS/c1-10-7-8-11(2)13(9-10)16(19)18-14-6-4-3-5-12(14)15(17)20/h3-9H,1-2H3,(H2,17,20)(H,18,19). The van der Waals surface area contributed by atoms with Crippen LogP contribution >= 0.6 is 12.2 Å². The lowest BCUT2D eigenvalue weighted by Crippen LogP contribution is -2.18. The molecule has 102 valence electrons. The molecule has 0 heterocycles. The van der Waals surface area contributed by atoms with Crippen LogP contribution in [-0.2, 0) is 0 Å². The van der Waals surface area contributed by atoms with Crippen LogP contribution in [0.25, 0.3) is 0 Å². The van der Waals surface area contributed by atoms with Crippen LogP contribution in [0.3, 0.4) is 0 Å². The molecule has 20 heavy (non-hydrogen) atoms. The third-order valence-electron chi connectivity index (χ3n) is 3.08. The smallest absolute Gasteiger partial charge is 0.255 e. The molecule has 0 spiro atoms. The van der Waals surface area contributed by atoms with E-state index < -0.39 is 0 Å². The molecule has 0 saturated carbocycles. The van der Waals surface area contributed by atoms with Gasteiger partial charge in [-0.05, 0) is 37.6 Å². The van der Waals surface area contributed by atoms with Gasteiger partial charge in [-0.1, -0.05) is 42.0 Å². The van der Waals surface area contributed by atoms with Crippen molar-refractivity contribution in [2.75, 3.05) is 5.32 Å². The number of benzene rings is 2. The van der Waals surface area contributed by atoms with Crippen LogP contribution in [0.15, 0.2) is 42.5 Å². The second kappa shape index (κ2) is 5.84. The Bertz CT molecular complexity index is 680. The van der Waals surface area contributed by atoms with E-state index in [-0.39, 0.29) is 10.9 Å². The van der Waals surface area contributed by atoms with Crippen LogP contribution in [0.5, 0.6) is 0 Å². The monoisotopic (exact) mass is 284 g/mol. The number of carbonyl (C=O) groups is 1. The number of hydrogen-bond acceptors (Lipinski definition) is 2. The van der Waals surface area contributed by atoms with Crippen molar-refractivity contribution in [3.8, 4) is 0 Å². The predicted octanol–water partition coefficient (Wildman–Crippen LogP) is 3.19. The van der Waals surface area contributed by atoms with Gasteiger partial charge in [0.15, 0.2) is 0 Å². The second-order valence-corrected chi connectivity index (χ2v) is 5.12. The lowest BCUT2D eigenvalue weighted by molar-refractivity contribution is 0.102. The van der Waals surface area contributed by atoms with E-state index in [2.05, 4.69) is 5.32 Å². The fourth-order valence-corrected chi connectivity index (χ4v) is 2.16. The number of thiocarbonyl (C=S) groups is 1. The number of nitrogens with two attached hydrogens (primary N) is 1. The largest absolute Gasteiger partial charge is 0.389 e. The van der Waals surface area contributed by atoms with Gasteiger partial charge in [-0.25, -0.2) is 0 Å². The lowest BCUT2D eigenvalue weighted by Gasteiger charge is -2.11. The first-order valence-corrected chi connectivity index (χ1v) is 6.67. The molecule has 0 fully saturated rings. The minimum atomic E-state index is -0.157. The SMILES string of the molecule is Cc1ccc(C)c(C(=O)Nc2ccccc2C(N)=S)c1. The molecule has 1 amide bonds. The molecule has 0 aliphatic heterocycles. The Morgan fingerprint density at radius 3 is 2.50 bits per heavy atom. The van der Waals surface area contributed by atoms with Gasteiger partial charge in [0.1, 0.15) is 4.99 Å². The first-order chi connectivity index (χ1) is 9.49. The number of hydrogen-bond donors (Lipinski definition) is 2. The minimum absolute atomic E-state index is 0.157. The molecule has 3 nitrogen and oxygen atoms in total. The molecule has 0 atom stereocenters. The summed E-state index contributed by atoms with van der Waals surface area (Å²) in [5.41, 5.74) is 9.59. The maximum atomic E-state index is 12.4. The topological polar surface area (TPSA) is 55.1 Å². The van der Waals surface area contributed by atoms with Crippen LogP contribution in [0.4, 0.5) is 5.69 Å². The van der Waals surface area contributed by atoms with Gasteiger partial charge >= 0.3 is 0 Å². The van der Waals surface area contributed by atoms with Gasteiger partial charge in [-0.3, -0.25) is 4.79 Å². The van der Waals surface area contributed by atoms with Crippen molar-refractivity contribution in [1.29, 1.82) is 0 Å². The van der Waals surface area contributed by atoms with Gasteiger partial charge in [0.05, 0.1) is 5.69 Å². The Balaban J connectivity index is 2.33. The number of para-hydroxylation sites is 1. The van der Waals surface area contributed by atoms with Crippen LogP contribution in [0.1, 0.15) is 27.0 Å². The Kier molecular flexibility index (Phi) is 4.15. The molecule has 2 aromatic carbocycles. The average molecular weight is 284 g/mol.